The van der Waals surface area contributed by atoms with Gasteiger partial charge in [-0.15, -0.1) is 0 Å². The molecule has 4 nitrogen and oxygen atoms in total. The van der Waals surface area contributed by atoms with E-state index >= 15 is 0 Å². The molecule has 0 aromatic carbocycles. The van der Waals surface area contributed by atoms with Crippen LogP contribution in [0.2, 0.25) is 0 Å². The fourth-order valence-corrected chi connectivity index (χ4v) is 0.968. The van der Waals surface area contributed by atoms with Crippen molar-refractivity contribution >= 4 is 10.4 Å². The van der Waals surface area contributed by atoms with Crippen LogP contribution in [0.5, 0.6) is 0 Å². The van der Waals surface area contributed by atoms with Gasteiger partial charge in [-0.25, -0.2) is 4.18 Å². The van der Waals surface area contributed by atoms with Gasteiger partial charge in [0.1, 0.15) is 5.60 Å². The maximum atomic E-state index is 10.2. The van der Waals surface area contributed by atoms with Crippen LogP contribution < -0.4 is 0 Å². The Balaban J connectivity index is 4.58. The molecular weight excluding hydrogens is 168 g/mol. The normalized spacial score (nSPS) is 12.5. The zero-order chi connectivity index (χ0) is 9.12. The van der Waals surface area contributed by atoms with Crippen molar-refractivity contribution in [2.45, 2.75) is 12.5 Å². The highest BCUT2D eigenvalue weighted by molar-refractivity contribution is 7.80. The molecule has 0 saturated heterocycles. The molecule has 0 aliphatic rings. The minimum atomic E-state index is -4.45. The van der Waals surface area contributed by atoms with Gasteiger partial charge in [0.25, 0.3) is 0 Å². The van der Waals surface area contributed by atoms with Crippen LogP contribution in [0.3, 0.4) is 0 Å². The monoisotopic (exact) mass is 178 g/mol. The zero-order valence-electron chi connectivity index (χ0n) is 6.15. The van der Waals surface area contributed by atoms with Crippen LogP contribution in [0.4, 0.5) is 0 Å². The van der Waals surface area contributed by atoms with Crippen LogP contribution in [-0.4, -0.2) is 18.6 Å². The summed E-state index contributed by atoms with van der Waals surface area (Å²) in [4.78, 5) is 0. The molecule has 64 valence electrons. The van der Waals surface area contributed by atoms with Crippen LogP contribution in [0.15, 0.2) is 25.3 Å². The molecule has 0 fully saturated rings. The Morgan fingerprint density at radius 2 is 1.82 bits per heavy atom. The summed E-state index contributed by atoms with van der Waals surface area (Å²) in [5.41, 5.74) is -1.24. The van der Waals surface area contributed by atoms with E-state index in [0.29, 0.717) is 0 Å². The molecule has 0 bridgehead atoms. The number of rotatable bonds is 4. The van der Waals surface area contributed by atoms with Crippen LogP contribution in [0, 0.1) is 0 Å². The van der Waals surface area contributed by atoms with Crippen molar-refractivity contribution in [3.63, 3.8) is 0 Å². The van der Waals surface area contributed by atoms with Crippen molar-refractivity contribution in [1.29, 1.82) is 0 Å². The minimum Gasteiger partial charge on any atom is -0.263 e. The second kappa shape index (κ2) is 3.17. The molecule has 0 atom stereocenters. The summed E-state index contributed by atoms with van der Waals surface area (Å²) in [6.07, 6.45) is 2.43. The molecule has 0 aromatic heterocycles. The average Bonchev–Trinajstić information content (AvgIpc) is 1.84. The van der Waals surface area contributed by atoms with Gasteiger partial charge in [-0.3, -0.25) is 4.55 Å². The Labute approximate surface area is 66.1 Å². The topological polar surface area (TPSA) is 63.6 Å². The molecule has 0 heterocycles. The van der Waals surface area contributed by atoms with Crippen LogP contribution in [-0.2, 0) is 14.6 Å². The van der Waals surface area contributed by atoms with E-state index < -0.39 is 16.0 Å². The number of hydrogen-bond donors (Lipinski definition) is 1. The number of hydrogen-bond acceptors (Lipinski definition) is 3. The summed E-state index contributed by atoms with van der Waals surface area (Å²) >= 11 is 0. The molecule has 0 saturated carbocycles. The van der Waals surface area contributed by atoms with Gasteiger partial charge >= 0.3 is 10.4 Å². The van der Waals surface area contributed by atoms with Gasteiger partial charge in [0, 0.05) is 0 Å². The zero-order valence-corrected chi connectivity index (χ0v) is 6.97. The van der Waals surface area contributed by atoms with E-state index in [0.717, 1.165) is 0 Å². The smallest absolute Gasteiger partial charge is 0.263 e. The van der Waals surface area contributed by atoms with Gasteiger partial charge in [-0.05, 0) is 6.92 Å². The van der Waals surface area contributed by atoms with E-state index in [1.54, 1.807) is 0 Å². The molecule has 1 N–H and O–H groups in total. The second-order valence-electron chi connectivity index (χ2n) is 2.10. The Bertz CT molecular complexity index is 244. The molecule has 0 amide bonds. The first-order valence-electron chi connectivity index (χ1n) is 2.78. The third kappa shape index (κ3) is 3.92. The first kappa shape index (κ1) is 10.3. The van der Waals surface area contributed by atoms with Crippen LogP contribution in [0.1, 0.15) is 6.92 Å². The summed E-state index contributed by atoms with van der Waals surface area (Å²) in [7, 11) is -4.45. The maximum Gasteiger partial charge on any atom is 0.398 e. The molecule has 0 aliphatic heterocycles. The summed E-state index contributed by atoms with van der Waals surface area (Å²) in [5.74, 6) is 0. The first-order chi connectivity index (χ1) is 4.83. The summed E-state index contributed by atoms with van der Waals surface area (Å²) in [6.45, 7) is 8.04. The van der Waals surface area contributed by atoms with Crippen molar-refractivity contribution in [3.05, 3.63) is 25.3 Å². The Kier molecular flexibility index (Phi) is 2.98. The van der Waals surface area contributed by atoms with E-state index in [1.807, 2.05) is 0 Å². The molecule has 0 aromatic rings. The standard InChI is InChI=1S/C6H10O4S/c1-4-6(3,5-2)10-11(7,8)9/h4-5H,1-2H2,3H3,(H,7,8,9). The quantitative estimate of drug-likeness (QED) is 0.514. The van der Waals surface area contributed by atoms with Crippen LogP contribution >= 0.6 is 0 Å². The first-order valence-corrected chi connectivity index (χ1v) is 4.15. The van der Waals surface area contributed by atoms with Gasteiger partial charge in [-0.2, -0.15) is 8.42 Å². The lowest BCUT2D eigenvalue weighted by atomic mass is 10.1. The third-order valence-corrected chi connectivity index (χ3v) is 1.67. The summed E-state index contributed by atoms with van der Waals surface area (Å²) in [6, 6.07) is 0. The lowest BCUT2D eigenvalue weighted by Gasteiger charge is -2.17. The van der Waals surface area contributed by atoms with E-state index in [-0.39, 0.29) is 0 Å². The van der Waals surface area contributed by atoms with Crippen molar-refractivity contribution < 1.29 is 17.2 Å². The average molecular weight is 178 g/mol. The fraction of sp³-hybridized carbons (Fsp3) is 0.333. The molecule has 0 rings (SSSR count). The van der Waals surface area contributed by atoms with Gasteiger partial charge in [0.05, 0.1) is 0 Å². The SMILES string of the molecule is C=CC(C)(C=C)OS(=O)(=O)O. The predicted molar refractivity (Wildman–Crippen MR) is 41.4 cm³/mol. The summed E-state index contributed by atoms with van der Waals surface area (Å²) < 4.78 is 32.9. The Morgan fingerprint density at radius 1 is 1.45 bits per heavy atom. The lowest BCUT2D eigenvalue weighted by Crippen LogP contribution is -2.26. The Morgan fingerprint density at radius 3 is 1.91 bits per heavy atom. The lowest BCUT2D eigenvalue weighted by molar-refractivity contribution is 0.173. The maximum absolute atomic E-state index is 10.2. The molecule has 0 spiro atoms. The largest absolute Gasteiger partial charge is 0.398 e. The minimum absolute atomic E-state index is 1.22. The van der Waals surface area contributed by atoms with E-state index in [1.165, 1.54) is 19.1 Å². The predicted octanol–water partition coefficient (Wildman–Crippen LogP) is 0.937. The Hall–Kier alpha value is -0.650. The van der Waals surface area contributed by atoms with E-state index in [2.05, 4.69) is 17.3 Å². The molecular formula is C6H10O4S. The van der Waals surface area contributed by atoms with Gasteiger partial charge in [0.2, 0.25) is 0 Å². The fourth-order valence-electron chi connectivity index (χ4n) is 0.378. The molecule has 0 aliphatic carbocycles. The molecule has 0 radical (unpaired) electrons. The van der Waals surface area contributed by atoms with Crippen molar-refractivity contribution in [3.8, 4) is 0 Å². The van der Waals surface area contributed by atoms with Crippen LogP contribution in [0.25, 0.3) is 0 Å². The summed E-state index contributed by atoms with van der Waals surface area (Å²) in [5, 5.41) is 0. The van der Waals surface area contributed by atoms with E-state index in [9.17, 15) is 8.42 Å². The van der Waals surface area contributed by atoms with Gasteiger partial charge in [0.15, 0.2) is 0 Å². The highest BCUT2D eigenvalue weighted by Crippen LogP contribution is 2.14. The molecule has 0 unspecified atom stereocenters. The third-order valence-electron chi connectivity index (χ3n) is 1.10. The van der Waals surface area contributed by atoms with Gasteiger partial charge in [-0.1, -0.05) is 25.3 Å². The van der Waals surface area contributed by atoms with Crippen molar-refractivity contribution in [2.24, 2.45) is 0 Å². The molecule has 5 heteroatoms. The van der Waals surface area contributed by atoms with Gasteiger partial charge < -0.3 is 0 Å². The second-order valence-corrected chi connectivity index (χ2v) is 3.13. The van der Waals surface area contributed by atoms with Crippen molar-refractivity contribution in [1.82, 2.24) is 0 Å². The molecule has 11 heavy (non-hydrogen) atoms. The highest BCUT2D eigenvalue weighted by Gasteiger charge is 2.23. The highest BCUT2D eigenvalue weighted by atomic mass is 32.3. The van der Waals surface area contributed by atoms with E-state index in [4.69, 9.17) is 4.55 Å². The van der Waals surface area contributed by atoms with Crippen molar-refractivity contribution in [2.75, 3.05) is 0 Å².